The molecule has 1 aromatic heterocycles. The first-order valence-electron chi connectivity index (χ1n) is 5.03. The van der Waals surface area contributed by atoms with Gasteiger partial charge in [-0.2, -0.15) is 0 Å². The van der Waals surface area contributed by atoms with Gasteiger partial charge in [0.2, 0.25) is 11.8 Å². The van der Waals surface area contributed by atoms with Gasteiger partial charge < -0.3 is 10.2 Å². The van der Waals surface area contributed by atoms with Crippen LogP contribution in [0.3, 0.4) is 0 Å². The molecule has 0 radical (unpaired) electrons. The summed E-state index contributed by atoms with van der Waals surface area (Å²) in [5.74, 6) is 0.0378. The van der Waals surface area contributed by atoms with Crippen LogP contribution in [0.15, 0.2) is 4.63 Å². The molecule has 0 spiro atoms. The third-order valence-electron chi connectivity index (χ3n) is 2.42. The lowest BCUT2D eigenvalue weighted by molar-refractivity contribution is -0.131. The molecule has 0 saturated carbocycles. The monoisotopic (exact) mass is 224 g/mol. The van der Waals surface area contributed by atoms with E-state index in [1.54, 1.807) is 6.92 Å². The van der Waals surface area contributed by atoms with Gasteiger partial charge in [0.25, 0.3) is 0 Å². The van der Waals surface area contributed by atoms with E-state index in [9.17, 15) is 9.59 Å². The SMILES string of the molecule is Cc1nonc1NC(=O)CN1CCCC1=O. The summed E-state index contributed by atoms with van der Waals surface area (Å²) in [6.45, 7) is 2.38. The van der Waals surface area contributed by atoms with Gasteiger partial charge in [-0.3, -0.25) is 9.59 Å². The van der Waals surface area contributed by atoms with Crippen LogP contribution in [-0.4, -0.2) is 40.1 Å². The Kier molecular flexibility index (Phi) is 2.84. The van der Waals surface area contributed by atoms with Crippen molar-refractivity contribution >= 4 is 17.6 Å². The van der Waals surface area contributed by atoms with Crippen molar-refractivity contribution < 1.29 is 14.2 Å². The van der Waals surface area contributed by atoms with Crippen LogP contribution >= 0.6 is 0 Å². The van der Waals surface area contributed by atoms with E-state index in [2.05, 4.69) is 20.3 Å². The van der Waals surface area contributed by atoms with E-state index in [-0.39, 0.29) is 18.4 Å². The predicted molar refractivity (Wildman–Crippen MR) is 53.5 cm³/mol. The fourth-order valence-corrected chi connectivity index (χ4v) is 1.56. The molecular formula is C9H12N4O3. The quantitative estimate of drug-likeness (QED) is 0.776. The van der Waals surface area contributed by atoms with Crippen LogP contribution < -0.4 is 5.32 Å². The highest BCUT2D eigenvalue weighted by Crippen LogP contribution is 2.10. The first kappa shape index (κ1) is 10.6. The highest BCUT2D eigenvalue weighted by Gasteiger charge is 2.22. The van der Waals surface area contributed by atoms with Crippen LogP contribution in [0.2, 0.25) is 0 Å². The van der Waals surface area contributed by atoms with E-state index in [1.165, 1.54) is 4.90 Å². The zero-order chi connectivity index (χ0) is 11.5. The third-order valence-corrected chi connectivity index (χ3v) is 2.42. The molecule has 2 heterocycles. The first-order chi connectivity index (χ1) is 7.66. The van der Waals surface area contributed by atoms with E-state index in [4.69, 9.17) is 0 Å². The van der Waals surface area contributed by atoms with Gasteiger partial charge in [-0.1, -0.05) is 5.16 Å². The number of hydrogen-bond donors (Lipinski definition) is 1. The van der Waals surface area contributed by atoms with Crippen molar-refractivity contribution in [1.29, 1.82) is 0 Å². The van der Waals surface area contributed by atoms with Crippen LogP contribution in [0, 0.1) is 6.92 Å². The van der Waals surface area contributed by atoms with E-state index in [0.717, 1.165) is 6.42 Å². The van der Waals surface area contributed by atoms with Gasteiger partial charge in [0.05, 0.1) is 6.54 Å². The Labute approximate surface area is 91.7 Å². The third kappa shape index (κ3) is 2.18. The van der Waals surface area contributed by atoms with Gasteiger partial charge in [-0.25, -0.2) is 4.63 Å². The maximum Gasteiger partial charge on any atom is 0.245 e. The van der Waals surface area contributed by atoms with Crippen LogP contribution in [-0.2, 0) is 9.59 Å². The Morgan fingerprint density at radius 2 is 2.38 bits per heavy atom. The molecule has 7 nitrogen and oxygen atoms in total. The molecule has 0 aliphatic carbocycles. The highest BCUT2D eigenvalue weighted by atomic mass is 16.6. The second kappa shape index (κ2) is 4.30. The predicted octanol–water partition coefficient (Wildman–Crippen LogP) is -0.0611. The molecule has 1 aliphatic rings. The zero-order valence-electron chi connectivity index (χ0n) is 8.89. The molecule has 1 N–H and O–H groups in total. The number of aromatic nitrogens is 2. The lowest BCUT2D eigenvalue weighted by Gasteiger charge is -2.13. The molecule has 2 rings (SSSR count). The number of rotatable bonds is 3. The van der Waals surface area contributed by atoms with Gasteiger partial charge in [0.15, 0.2) is 5.82 Å². The number of carbonyl (C=O) groups excluding carboxylic acids is 2. The van der Waals surface area contributed by atoms with Crippen LogP contribution in [0.4, 0.5) is 5.82 Å². The summed E-state index contributed by atoms with van der Waals surface area (Å²) in [6, 6.07) is 0. The highest BCUT2D eigenvalue weighted by molar-refractivity contribution is 5.94. The number of hydrogen-bond acceptors (Lipinski definition) is 5. The lowest BCUT2D eigenvalue weighted by atomic mass is 10.4. The number of nitrogens with zero attached hydrogens (tertiary/aromatic N) is 3. The molecule has 0 unspecified atom stereocenters. The number of amides is 2. The van der Waals surface area contributed by atoms with Gasteiger partial charge >= 0.3 is 0 Å². The van der Waals surface area contributed by atoms with E-state index in [1.807, 2.05) is 0 Å². The Hall–Kier alpha value is -1.92. The maximum absolute atomic E-state index is 11.5. The summed E-state index contributed by atoms with van der Waals surface area (Å²) in [7, 11) is 0. The minimum atomic E-state index is -0.283. The number of anilines is 1. The Bertz CT molecular complexity index is 415. The van der Waals surface area contributed by atoms with Crippen molar-refractivity contribution in [3.63, 3.8) is 0 Å². The van der Waals surface area contributed by atoms with E-state index in [0.29, 0.717) is 24.5 Å². The topological polar surface area (TPSA) is 88.3 Å². The summed E-state index contributed by atoms with van der Waals surface area (Å²) in [4.78, 5) is 24.4. The van der Waals surface area contributed by atoms with Gasteiger partial charge in [0, 0.05) is 13.0 Å². The fraction of sp³-hybridized carbons (Fsp3) is 0.556. The molecule has 0 bridgehead atoms. The molecule has 0 atom stereocenters. The number of carbonyl (C=O) groups is 2. The minimum absolute atomic E-state index is 0.0187. The Morgan fingerprint density at radius 3 is 2.94 bits per heavy atom. The minimum Gasteiger partial charge on any atom is -0.333 e. The summed E-state index contributed by atoms with van der Waals surface area (Å²) in [6.07, 6.45) is 1.34. The largest absolute Gasteiger partial charge is 0.333 e. The molecule has 1 aliphatic heterocycles. The molecule has 2 amide bonds. The van der Waals surface area contributed by atoms with E-state index >= 15 is 0 Å². The Balaban J connectivity index is 1.89. The summed E-state index contributed by atoms with van der Waals surface area (Å²) >= 11 is 0. The van der Waals surface area contributed by atoms with Crippen molar-refractivity contribution in [1.82, 2.24) is 15.2 Å². The summed E-state index contributed by atoms with van der Waals surface area (Å²) in [5.41, 5.74) is 0.515. The molecule has 16 heavy (non-hydrogen) atoms. The van der Waals surface area contributed by atoms with Crippen LogP contribution in [0.1, 0.15) is 18.5 Å². The second-order valence-corrected chi connectivity index (χ2v) is 3.67. The Morgan fingerprint density at radius 1 is 1.56 bits per heavy atom. The van der Waals surface area contributed by atoms with Crippen LogP contribution in [0.5, 0.6) is 0 Å². The number of likely N-dealkylation sites (tertiary alicyclic amines) is 1. The average Bonchev–Trinajstić information content (AvgIpc) is 2.79. The average molecular weight is 224 g/mol. The van der Waals surface area contributed by atoms with E-state index < -0.39 is 0 Å². The van der Waals surface area contributed by atoms with Crippen molar-refractivity contribution in [2.45, 2.75) is 19.8 Å². The smallest absolute Gasteiger partial charge is 0.245 e. The van der Waals surface area contributed by atoms with Gasteiger partial charge in [-0.15, -0.1) is 0 Å². The molecule has 1 aromatic rings. The number of aryl methyl sites for hydroxylation is 1. The first-order valence-corrected chi connectivity index (χ1v) is 5.03. The van der Waals surface area contributed by atoms with Crippen molar-refractivity contribution in [2.24, 2.45) is 0 Å². The van der Waals surface area contributed by atoms with Crippen LogP contribution in [0.25, 0.3) is 0 Å². The van der Waals surface area contributed by atoms with Crippen molar-refractivity contribution in [3.8, 4) is 0 Å². The van der Waals surface area contributed by atoms with Gasteiger partial charge in [0.1, 0.15) is 5.69 Å². The van der Waals surface area contributed by atoms with Crippen molar-refractivity contribution in [3.05, 3.63) is 5.69 Å². The number of nitrogens with one attached hydrogen (secondary N) is 1. The van der Waals surface area contributed by atoms with Gasteiger partial charge in [-0.05, 0) is 18.5 Å². The molecule has 1 saturated heterocycles. The molecule has 86 valence electrons. The van der Waals surface area contributed by atoms with Crippen molar-refractivity contribution in [2.75, 3.05) is 18.4 Å². The molecule has 7 heteroatoms. The maximum atomic E-state index is 11.5. The fourth-order valence-electron chi connectivity index (χ4n) is 1.56. The summed E-state index contributed by atoms with van der Waals surface area (Å²) in [5, 5.41) is 9.60. The molecule has 0 aromatic carbocycles. The summed E-state index contributed by atoms with van der Waals surface area (Å²) < 4.78 is 4.44. The lowest BCUT2D eigenvalue weighted by Crippen LogP contribution is -2.34. The zero-order valence-corrected chi connectivity index (χ0v) is 8.89. The normalized spacial score (nSPS) is 15.6. The standard InChI is InChI=1S/C9H12N4O3/c1-6-9(12-16-11-6)10-7(14)5-13-4-2-3-8(13)15/h2-5H2,1H3,(H,10,12,14). The molecular weight excluding hydrogens is 212 g/mol. The second-order valence-electron chi connectivity index (χ2n) is 3.67. The molecule has 1 fully saturated rings.